The highest BCUT2D eigenvalue weighted by atomic mass is 16.2. The van der Waals surface area contributed by atoms with E-state index in [2.05, 4.69) is 5.32 Å². The van der Waals surface area contributed by atoms with Gasteiger partial charge in [0.15, 0.2) is 0 Å². The molecule has 4 heteroatoms. The van der Waals surface area contributed by atoms with Gasteiger partial charge in [0.05, 0.1) is 6.54 Å². The number of rotatable bonds is 2. The van der Waals surface area contributed by atoms with Crippen molar-refractivity contribution in [1.29, 1.82) is 0 Å². The zero-order valence-corrected chi connectivity index (χ0v) is 5.85. The summed E-state index contributed by atoms with van der Waals surface area (Å²) < 4.78 is 0. The fourth-order valence-electron chi connectivity index (χ4n) is 0.269. The van der Waals surface area contributed by atoms with Crippen molar-refractivity contribution in [3.05, 3.63) is 0 Å². The number of hydrogen-bond donors (Lipinski definition) is 3. The Morgan fingerprint density at radius 1 is 1.67 bits per heavy atom. The third-order valence-electron chi connectivity index (χ3n) is 0.559. The predicted molar refractivity (Wildman–Crippen MR) is 35.9 cm³/mol. The molecule has 0 fully saturated rings. The smallest absolute Gasteiger partial charge is 0.233 e. The van der Waals surface area contributed by atoms with Gasteiger partial charge in [-0.15, -0.1) is 0 Å². The summed E-state index contributed by atoms with van der Waals surface area (Å²) >= 11 is 0. The highest BCUT2D eigenvalue weighted by Gasteiger charge is 1.88. The largest absolute Gasteiger partial charge is 0.400 e. The monoisotopic (exact) mass is 134 g/mol. The number of carbonyl (C=O) groups is 1. The normalized spacial score (nSPS) is 7.11. The van der Waals surface area contributed by atoms with Gasteiger partial charge in [0.1, 0.15) is 0 Å². The molecule has 0 atom stereocenters. The number of aliphatic hydroxyl groups excluding tert-OH is 1. The minimum Gasteiger partial charge on any atom is -0.400 e. The maximum Gasteiger partial charge on any atom is 0.233 e. The molecule has 4 N–H and O–H groups in total. The molecule has 0 radical (unpaired) electrons. The predicted octanol–water partition coefficient (Wildman–Crippen LogP) is -1.31. The van der Waals surface area contributed by atoms with Gasteiger partial charge in [-0.1, -0.05) is 0 Å². The summed E-state index contributed by atoms with van der Waals surface area (Å²) in [5.74, 6) is -0.0949. The Kier molecular flexibility index (Phi) is 13.0. The van der Waals surface area contributed by atoms with E-state index in [1.807, 2.05) is 6.92 Å². The van der Waals surface area contributed by atoms with Crippen molar-refractivity contribution >= 4 is 5.91 Å². The van der Waals surface area contributed by atoms with Crippen LogP contribution >= 0.6 is 0 Å². The first-order valence-electron chi connectivity index (χ1n) is 2.72. The molecule has 0 aliphatic carbocycles. The van der Waals surface area contributed by atoms with Crippen LogP contribution in [0.2, 0.25) is 0 Å². The SMILES string of the molecule is CCNC(=O)CN.CO. The number of amides is 1. The summed E-state index contributed by atoms with van der Waals surface area (Å²) in [5.41, 5.74) is 4.95. The van der Waals surface area contributed by atoms with E-state index in [1.165, 1.54) is 0 Å². The van der Waals surface area contributed by atoms with Crippen molar-refractivity contribution in [2.45, 2.75) is 6.92 Å². The Hall–Kier alpha value is -0.610. The maximum atomic E-state index is 10.2. The van der Waals surface area contributed by atoms with Gasteiger partial charge in [-0.3, -0.25) is 4.79 Å². The average molecular weight is 134 g/mol. The van der Waals surface area contributed by atoms with E-state index < -0.39 is 0 Å². The van der Waals surface area contributed by atoms with Crippen LogP contribution in [0.3, 0.4) is 0 Å². The van der Waals surface area contributed by atoms with Gasteiger partial charge in [0.25, 0.3) is 0 Å². The number of carbonyl (C=O) groups excluding carboxylic acids is 1. The van der Waals surface area contributed by atoms with Crippen molar-refractivity contribution in [3.8, 4) is 0 Å². The van der Waals surface area contributed by atoms with Crippen LogP contribution in [0.25, 0.3) is 0 Å². The molecule has 0 saturated heterocycles. The van der Waals surface area contributed by atoms with Crippen LogP contribution in [0, 0.1) is 0 Å². The van der Waals surface area contributed by atoms with Crippen LogP contribution in [0.4, 0.5) is 0 Å². The van der Waals surface area contributed by atoms with Crippen LogP contribution in [0.1, 0.15) is 6.92 Å². The number of likely N-dealkylation sites (N-methyl/N-ethyl adjacent to an activating group) is 1. The molecule has 0 aliphatic rings. The molecule has 0 aromatic heterocycles. The van der Waals surface area contributed by atoms with Crippen LogP contribution in [0.5, 0.6) is 0 Å². The molecule has 0 aromatic rings. The number of aliphatic hydroxyl groups is 1. The van der Waals surface area contributed by atoms with Gasteiger partial charge < -0.3 is 16.2 Å². The lowest BCUT2D eigenvalue weighted by Crippen LogP contribution is -2.29. The molecule has 0 aliphatic heterocycles. The molecule has 0 heterocycles. The van der Waals surface area contributed by atoms with E-state index in [0.717, 1.165) is 7.11 Å². The van der Waals surface area contributed by atoms with E-state index in [-0.39, 0.29) is 12.5 Å². The standard InChI is InChI=1S/C4H10N2O.CH4O/c1-2-6-4(7)3-5;1-2/h2-3,5H2,1H3,(H,6,7);2H,1H3. The second-order valence-corrected chi connectivity index (χ2v) is 1.16. The Labute approximate surface area is 55.1 Å². The van der Waals surface area contributed by atoms with E-state index in [9.17, 15) is 4.79 Å². The molecule has 1 amide bonds. The summed E-state index contributed by atoms with van der Waals surface area (Å²) in [5, 5.41) is 9.53. The Bertz CT molecular complexity index is 66.0. The summed E-state index contributed by atoms with van der Waals surface area (Å²) in [4.78, 5) is 10.2. The second-order valence-electron chi connectivity index (χ2n) is 1.16. The van der Waals surface area contributed by atoms with E-state index in [1.54, 1.807) is 0 Å². The van der Waals surface area contributed by atoms with E-state index in [4.69, 9.17) is 10.8 Å². The van der Waals surface area contributed by atoms with Gasteiger partial charge in [-0.2, -0.15) is 0 Å². The van der Waals surface area contributed by atoms with Gasteiger partial charge in [-0.05, 0) is 6.92 Å². The first kappa shape index (κ1) is 11.2. The van der Waals surface area contributed by atoms with Gasteiger partial charge in [0.2, 0.25) is 5.91 Å². The average Bonchev–Trinajstić information content (AvgIpc) is 1.93. The lowest BCUT2D eigenvalue weighted by atomic mass is 10.6. The summed E-state index contributed by atoms with van der Waals surface area (Å²) in [7, 11) is 1.00. The third-order valence-corrected chi connectivity index (χ3v) is 0.559. The van der Waals surface area contributed by atoms with Gasteiger partial charge in [-0.25, -0.2) is 0 Å². The van der Waals surface area contributed by atoms with Gasteiger partial charge >= 0.3 is 0 Å². The van der Waals surface area contributed by atoms with Crippen molar-refractivity contribution in [2.24, 2.45) is 5.73 Å². The molecule has 4 nitrogen and oxygen atoms in total. The first-order chi connectivity index (χ1) is 4.31. The zero-order chi connectivity index (χ0) is 7.70. The van der Waals surface area contributed by atoms with Crippen molar-refractivity contribution < 1.29 is 9.90 Å². The molecule has 0 rings (SSSR count). The van der Waals surface area contributed by atoms with Gasteiger partial charge in [0, 0.05) is 13.7 Å². The lowest BCUT2D eigenvalue weighted by molar-refractivity contribution is -0.119. The number of nitrogens with one attached hydrogen (secondary N) is 1. The molecule has 0 spiro atoms. The molecule has 56 valence electrons. The topological polar surface area (TPSA) is 75.4 Å². The quantitative estimate of drug-likeness (QED) is 0.439. The van der Waals surface area contributed by atoms with Crippen molar-refractivity contribution in [2.75, 3.05) is 20.2 Å². The third kappa shape index (κ3) is 11.1. The van der Waals surface area contributed by atoms with E-state index in [0.29, 0.717) is 6.54 Å². The molecular weight excluding hydrogens is 120 g/mol. The van der Waals surface area contributed by atoms with Crippen molar-refractivity contribution in [1.82, 2.24) is 5.32 Å². The summed E-state index contributed by atoms with van der Waals surface area (Å²) in [6, 6.07) is 0. The lowest BCUT2D eigenvalue weighted by Gasteiger charge is -1.93. The fourth-order valence-corrected chi connectivity index (χ4v) is 0.269. The molecule has 0 saturated carbocycles. The molecular formula is C5H14N2O2. The van der Waals surface area contributed by atoms with Crippen molar-refractivity contribution in [3.63, 3.8) is 0 Å². The molecule has 0 bridgehead atoms. The minimum absolute atomic E-state index is 0.0911. The molecule has 9 heavy (non-hydrogen) atoms. The van der Waals surface area contributed by atoms with E-state index >= 15 is 0 Å². The molecule has 0 unspecified atom stereocenters. The number of nitrogens with two attached hydrogens (primary N) is 1. The van der Waals surface area contributed by atoms with Crippen LogP contribution in [-0.2, 0) is 4.79 Å². The Morgan fingerprint density at radius 3 is 2.22 bits per heavy atom. The highest BCUT2D eigenvalue weighted by molar-refractivity contribution is 5.77. The van der Waals surface area contributed by atoms with Crippen LogP contribution in [0.15, 0.2) is 0 Å². The Balaban J connectivity index is 0. The molecule has 0 aromatic carbocycles. The number of hydrogen-bond acceptors (Lipinski definition) is 3. The summed E-state index contributed by atoms with van der Waals surface area (Å²) in [6.45, 7) is 2.61. The Morgan fingerprint density at radius 2 is 2.11 bits per heavy atom. The first-order valence-corrected chi connectivity index (χ1v) is 2.72. The summed E-state index contributed by atoms with van der Waals surface area (Å²) in [6.07, 6.45) is 0. The highest BCUT2D eigenvalue weighted by Crippen LogP contribution is 1.54. The van der Waals surface area contributed by atoms with Crippen LogP contribution < -0.4 is 11.1 Å². The fraction of sp³-hybridized carbons (Fsp3) is 0.800. The maximum absolute atomic E-state index is 10.2. The minimum atomic E-state index is -0.0949. The van der Waals surface area contributed by atoms with Crippen LogP contribution in [-0.4, -0.2) is 31.2 Å². The second kappa shape index (κ2) is 10.4. The zero-order valence-electron chi connectivity index (χ0n) is 5.85.